The summed E-state index contributed by atoms with van der Waals surface area (Å²) in [6, 6.07) is 6.94. The molecule has 1 aromatic rings. The van der Waals surface area contributed by atoms with Gasteiger partial charge in [-0.2, -0.15) is 0 Å². The molecule has 0 unspecified atom stereocenters. The molecule has 3 aliphatic heterocycles. The van der Waals surface area contributed by atoms with Crippen molar-refractivity contribution in [2.24, 2.45) is 11.3 Å². The lowest BCUT2D eigenvalue weighted by Gasteiger charge is -2.52. The number of carbonyl (C=O) groups is 2. The molecule has 8 heteroatoms. The Bertz CT molecular complexity index is 851. The van der Waals surface area contributed by atoms with E-state index in [1.807, 2.05) is 30.1 Å². The zero-order valence-corrected chi connectivity index (χ0v) is 19.7. The van der Waals surface area contributed by atoms with Crippen LogP contribution in [0, 0.1) is 11.3 Å². The van der Waals surface area contributed by atoms with Gasteiger partial charge in [-0.05, 0) is 81.5 Å². The lowest BCUT2D eigenvalue weighted by Crippen LogP contribution is -2.55. The van der Waals surface area contributed by atoms with Crippen molar-refractivity contribution in [2.75, 3.05) is 39.8 Å². The number of hydrogen-bond acceptors (Lipinski definition) is 4. The van der Waals surface area contributed by atoms with Gasteiger partial charge < -0.3 is 24.7 Å². The molecule has 33 heavy (non-hydrogen) atoms. The maximum Gasteiger partial charge on any atom is 0.407 e. The number of amides is 3. The van der Waals surface area contributed by atoms with E-state index in [0.29, 0.717) is 31.1 Å². The summed E-state index contributed by atoms with van der Waals surface area (Å²) >= 11 is 0. The highest BCUT2D eigenvalue weighted by atomic mass is 16.4. The van der Waals surface area contributed by atoms with Crippen LogP contribution in [0.25, 0.3) is 0 Å². The molecule has 180 valence electrons. The van der Waals surface area contributed by atoms with Gasteiger partial charge in [-0.1, -0.05) is 6.07 Å². The predicted octanol–water partition coefficient (Wildman–Crippen LogP) is 3.34. The fourth-order valence-electron chi connectivity index (χ4n) is 6.84. The van der Waals surface area contributed by atoms with Gasteiger partial charge in [-0.3, -0.25) is 4.98 Å². The number of nitrogens with zero attached hydrogens (tertiary/aromatic N) is 5. The largest absolute Gasteiger partial charge is 0.465 e. The van der Waals surface area contributed by atoms with Crippen molar-refractivity contribution in [3.05, 3.63) is 30.1 Å². The van der Waals surface area contributed by atoms with Crippen LogP contribution in [0.2, 0.25) is 0 Å². The summed E-state index contributed by atoms with van der Waals surface area (Å²) in [5.74, 6) is 0.582. The summed E-state index contributed by atoms with van der Waals surface area (Å²) in [7, 11) is 1.88. The molecule has 4 aliphatic rings. The van der Waals surface area contributed by atoms with Crippen molar-refractivity contribution in [3.8, 4) is 0 Å². The van der Waals surface area contributed by atoms with E-state index in [9.17, 15) is 14.7 Å². The Balaban J connectivity index is 1.10. The molecule has 1 atom stereocenters. The van der Waals surface area contributed by atoms with Crippen LogP contribution in [0.1, 0.15) is 50.6 Å². The average Bonchev–Trinajstić information content (AvgIpc) is 3.46. The predicted molar refractivity (Wildman–Crippen MR) is 125 cm³/mol. The first-order chi connectivity index (χ1) is 15.9. The lowest BCUT2D eigenvalue weighted by molar-refractivity contribution is -0.0142. The Morgan fingerprint density at radius 3 is 2.61 bits per heavy atom. The summed E-state index contributed by atoms with van der Waals surface area (Å²) in [4.78, 5) is 37.0. The second kappa shape index (κ2) is 9.12. The zero-order chi connectivity index (χ0) is 23.0. The third kappa shape index (κ3) is 4.54. The third-order valence-corrected chi connectivity index (χ3v) is 8.68. The molecule has 0 bridgehead atoms. The molecule has 1 N–H and O–H groups in total. The SMILES string of the molecule is CN(Cc1ccccn1)C(=O)N1CCC[C@H]1C1CCN(C2CC3(CCN(C(=O)O)C3)C2)CC1. The molecular weight excluding hydrogens is 418 g/mol. The van der Waals surface area contributed by atoms with Crippen LogP contribution in [-0.2, 0) is 6.54 Å². The van der Waals surface area contributed by atoms with Gasteiger partial charge >= 0.3 is 12.1 Å². The van der Waals surface area contributed by atoms with Crippen LogP contribution in [0.15, 0.2) is 24.4 Å². The normalized spacial score (nSPS) is 30.6. The molecule has 1 aliphatic carbocycles. The highest BCUT2D eigenvalue weighted by molar-refractivity contribution is 5.74. The molecule has 1 saturated carbocycles. The molecule has 1 spiro atoms. The molecule has 1 aromatic heterocycles. The van der Waals surface area contributed by atoms with Gasteiger partial charge in [0.05, 0.1) is 12.2 Å². The molecule has 0 aromatic carbocycles. The van der Waals surface area contributed by atoms with Gasteiger partial charge in [0.15, 0.2) is 0 Å². The molecule has 5 rings (SSSR count). The van der Waals surface area contributed by atoms with Gasteiger partial charge in [0.1, 0.15) is 0 Å². The van der Waals surface area contributed by atoms with E-state index >= 15 is 0 Å². The van der Waals surface area contributed by atoms with Crippen molar-refractivity contribution < 1.29 is 14.7 Å². The number of piperidine rings is 1. The van der Waals surface area contributed by atoms with Crippen LogP contribution in [0.5, 0.6) is 0 Å². The van der Waals surface area contributed by atoms with E-state index in [-0.39, 0.29) is 11.4 Å². The minimum Gasteiger partial charge on any atom is -0.465 e. The van der Waals surface area contributed by atoms with E-state index in [1.54, 1.807) is 11.1 Å². The van der Waals surface area contributed by atoms with E-state index in [2.05, 4.69) is 14.8 Å². The second-order valence-corrected chi connectivity index (χ2v) is 10.8. The molecule has 8 nitrogen and oxygen atoms in total. The zero-order valence-electron chi connectivity index (χ0n) is 19.7. The van der Waals surface area contributed by atoms with Crippen molar-refractivity contribution in [3.63, 3.8) is 0 Å². The summed E-state index contributed by atoms with van der Waals surface area (Å²) in [5, 5.41) is 9.26. The van der Waals surface area contributed by atoms with Crippen LogP contribution < -0.4 is 0 Å². The Labute approximate surface area is 196 Å². The number of likely N-dealkylation sites (tertiary alicyclic amines) is 3. The minimum absolute atomic E-state index is 0.135. The number of rotatable bonds is 4. The lowest BCUT2D eigenvalue weighted by atomic mass is 9.64. The highest BCUT2D eigenvalue weighted by Gasteiger charge is 2.51. The number of carbonyl (C=O) groups excluding carboxylic acids is 1. The van der Waals surface area contributed by atoms with Crippen molar-refractivity contribution in [2.45, 2.75) is 63.6 Å². The Kier molecular flexibility index (Phi) is 6.20. The van der Waals surface area contributed by atoms with Gasteiger partial charge in [0.25, 0.3) is 0 Å². The summed E-state index contributed by atoms with van der Waals surface area (Å²) < 4.78 is 0. The first-order valence-corrected chi connectivity index (χ1v) is 12.6. The van der Waals surface area contributed by atoms with Crippen molar-refractivity contribution >= 4 is 12.1 Å². The van der Waals surface area contributed by atoms with E-state index in [4.69, 9.17) is 0 Å². The van der Waals surface area contributed by atoms with Gasteiger partial charge in [0, 0.05) is 45.0 Å². The van der Waals surface area contributed by atoms with E-state index in [0.717, 1.165) is 76.8 Å². The molecule has 3 amide bonds. The Hall–Kier alpha value is -2.35. The molecule has 4 fully saturated rings. The minimum atomic E-state index is -0.766. The Morgan fingerprint density at radius 1 is 1.15 bits per heavy atom. The highest BCUT2D eigenvalue weighted by Crippen LogP contribution is 2.50. The topological polar surface area (TPSA) is 80.2 Å². The van der Waals surface area contributed by atoms with E-state index < -0.39 is 6.09 Å². The average molecular weight is 456 g/mol. The maximum absolute atomic E-state index is 13.2. The summed E-state index contributed by atoms with van der Waals surface area (Å²) in [5.41, 5.74) is 1.16. The quantitative estimate of drug-likeness (QED) is 0.753. The molecule has 0 radical (unpaired) electrons. The van der Waals surface area contributed by atoms with E-state index in [1.165, 1.54) is 0 Å². The number of carboxylic acid groups (broad SMARTS) is 1. The smallest absolute Gasteiger partial charge is 0.407 e. The van der Waals surface area contributed by atoms with Crippen LogP contribution in [0.3, 0.4) is 0 Å². The maximum atomic E-state index is 13.2. The van der Waals surface area contributed by atoms with Gasteiger partial charge in [0.2, 0.25) is 0 Å². The van der Waals surface area contributed by atoms with Crippen LogP contribution in [-0.4, -0.2) is 93.7 Å². The van der Waals surface area contributed by atoms with Crippen molar-refractivity contribution in [1.29, 1.82) is 0 Å². The standard InChI is InChI=1S/C25H37N5O3/c1-27(17-20-5-2-3-10-26-20)23(31)30-11-4-6-22(30)19-7-12-28(13-8-19)21-15-25(16-21)9-14-29(18-25)24(32)33/h2-3,5,10,19,21-22H,4,6-9,11-18H2,1H3,(H,32,33)/t21?,22-,25?/m0/s1. The fourth-order valence-corrected chi connectivity index (χ4v) is 6.84. The number of urea groups is 1. The molecular formula is C25H37N5O3. The number of aromatic nitrogens is 1. The summed E-state index contributed by atoms with van der Waals surface area (Å²) in [6.07, 6.45) is 8.85. The van der Waals surface area contributed by atoms with Crippen LogP contribution in [0.4, 0.5) is 9.59 Å². The first-order valence-electron chi connectivity index (χ1n) is 12.6. The van der Waals surface area contributed by atoms with Gasteiger partial charge in [-0.25, -0.2) is 9.59 Å². The Morgan fingerprint density at radius 2 is 1.94 bits per heavy atom. The number of hydrogen-bond donors (Lipinski definition) is 1. The third-order valence-electron chi connectivity index (χ3n) is 8.68. The van der Waals surface area contributed by atoms with Gasteiger partial charge in [-0.15, -0.1) is 0 Å². The first kappa shape index (κ1) is 22.4. The summed E-state index contributed by atoms with van der Waals surface area (Å²) in [6.45, 7) is 5.04. The second-order valence-electron chi connectivity index (χ2n) is 10.8. The molecule has 3 saturated heterocycles. The number of pyridine rings is 1. The van der Waals surface area contributed by atoms with Crippen LogP contribution >= 0.6 is 0 Å². The molecule has 4 heterocycles. The fraction of sp³-hybridized carbons (Fsp3) is 0.720. The monoisotopic (exact) mass is 455 g/mol. The van der Waals surface area contributed by atoms with Crippen molar-refractivity contribution in [1.82, 2.24) is 24.6 Å².